The number of nitrogens with zero attached hydrogens (tertiary/aromatic N) is 2. The third-order valence-corrected chi connectivity index (χ3v) is 4.87. The van der Waals surface area contributed by atoms with Crippen LogP contribution in [0.1, 0.15) is 36.7 Å². The Morgan fingerprint density at radius 1 is 1.20 bits per heavy atom. The van der Waals surface area contributed by atoms with E-state index in [9.17, 15) is 0 Å². The fourth-order valence-corrected chi connectivity index (χ4v) is 3.24. The molecule has 1 aromatic heterocycles. The van der Waals surface area contributed by atoms with Gasteiger partial charge < -0.3 is 0 Å². The van der Waals surface area contributed by atoms with Gasteiger partial charge in [-0.15, -0.1) is 0 Å². The van der Waals surface area contributed by atoms with Crippen molar-refractivity contribution in [3.63, 3.8) is 0 Å². The van der Waals surface area contributed by atoms with E-state index < -0.39 is 0 Å². The summed E-state index contributed by atoms with van der Waals surface area (Å²) in [6.07, 6.45) is 2.02. The molecule has 2 aromatic rings. The van der Waals surface area contributed by atoms with E-state index in [-0.39, 0.29) is 0 Å². The summed E-state index contributed by atoms with van der Waals surface area (Å²) in [7, 11) is 0. The van der Waals surface area contributed by atoms with Crippen molar-refractivity contribution in [1.29, 1.82) is 0 Å². The first-order valence-electron chi connectivity index (χ1n) is 7.04. The molecule has 0 radical (unpaired) electrons. The van der Waals surface area contributed by atoms with Crippen LogP contribution in [0, 0.1) is 0 Å². The molecular weight excluding hydrogens is 380 g/mol. The Balaban J connectivity index is 2.21. The van der Waals surface area contributed by atoms with E-state index in [1.807, 2.05) is 0 Å². The Morgan fingerprint density at radius 2 is 1.90 bits per heavy atom. The molecule has 0 saturated carbocycles. The fourth-order valence-electron chi connectivity index (χ4n) is 2.37. The molecule has 1 atom stereocenters. The first-order chi connectivity index (χ1) is 9.67. The smallest absolute Gasteiger partial charge is 0.0624 e. The number of aromatic nitrogens is 2. The molecule has 0 bridgehead atoms. The number of hydrogen-bond donors (Lipinski definition) is 0. The molecule has 0 saturated heterocycles. The Morgan fingerprint density at radius 3 is 2.45 bits per heavy atom. The summed E-state index contributed by atoms with van der Waals surface area (Å²) in [5.41, 5.74) is 3.88. The van der Waals surface area contributed by atoms with Gasteiger partial charge in [0.25, 0.3) is 0 Å². The minimum Gasteiger partial charge on any atom is -0.270 e. The largest absolute Gasteiger partial charge is 0.270 e. The van der Waals surface area contributed by atoms with Gasteiger partial charge in [0.05, 0.1) is 5.69 Å². The molecule has 0 amide bonds. The minimum absolute atomic E-state index is 0.481. The molecule has 2 nitrogen and oxygen atoms in total. The van der Waals surface area contributed by atoms with Crippen LogP contribution in [0.2, 0.25) is 0 Å². The summed E-state index contributed by atoms with van der Waals surface area (Å²) in [6, 6.07) is 10.9. The van der Waals surface area contributed by atoms with Gasteiger partial charge in [-0.25, -0.2) is 0 Å². The minimum atomic E-state index is 0.481. The lowest BCUT2D eigenvalue weighted by molar-refractivity contribution is 0.594. The van der Waals surface area contributed by atoms with Crippen LogP contribution in [-0.2, 0) is 19.4 Å². The molecule has 4 heteroatoms. The zero-order valence-electron chi connectivity index (χ0n) is 11.9. The number of hydrogen-bond acceptors (Lipinski definition) is 1. The number of benzene rings is 1. The third kappa shape index (κ3) is 3.73. The van der Waals surface area contributed by atoms with E-state index >= 15 is 0 Å². The monoisotopic (exact) mass is 398 g/mol. The first-order valence-corrected chi connectivity index (χ1v) is 8.96. The van der Waals surface area contributed by atoms with Crippen molar-refractivity contribution in [1.82, 2.24) is 9.78 Å². The summed E-state index contributed by atoms with van der Waals surface area (Å²) in [5.74, 6) is 0.481. The average molecular weight is 400 g/mol. The predicted octanol–water partition coefficient (Wildman–Crippen LogP) is 4.95. The van der Waals surface area contributed by atoms with E-state index in [1.54, 1.807) is 0 Å². The summed E-state index contributed by atoms with van der Waals surface area (Å²) in [6.45, 7) is 5.24. The summed E-state index contributed by atoms with van der Waals surface area (Å²) in [4.78, 5) is 0. The van der Waals surface area contributed by atoms with Crippen LogP contribution in [0.3, 0.4) is 0 Å². The molecule has 1 aromatic carbocycles. The Bertz CT molecular complexity index is 546. The van der Waals surface area contributed by atoms with Gasteiger partial charge in [0, 0.05) is 22.0 Å². The Kier molecular flexibility index (Phi) is 5.85. The maximum absolute atomic E-state index is 4.64. The van der Waals surface area contributed by atoms with Crippen molar-refractivity contribution in [3.8, 4) is 0 Å². The van der Waals surface area contributed by atoms with Crippen LogP contribution in [0.4, 0.5) is 0 Å². The van der Waals surface area contributed by atoms with Crippen LogP contribution in [0.15, 0.2) is 34.8 Å². The summed E-state index contributed by atoms with van der Waals surface area (Å²) in [5, 5.41) is 5.60. The maximum atomic E-state index is 4.64. The highest BCUT2D eigenvalue weighted by Crippen LogP contribution is 2.25. The molecule has 0 aliphatic heterocycles. The number of rotatable bonds is 6. The van der Waals surface area contributed by atoms with Gasteiger partial charge >= 0.3 is 0 Å². The third-order valence-electron chi connectivity index (χ3n) is 3.56. The highest BCUT2D eigenvalue weighted by molar-refractivity contribution is 9.10. The van der Waals surface area contributed by atoms with Crippen molar-refractivity contribution in [3.05, 3.63) is 51.8 Å². The normalized spacial score (nSPS) is 12.6. The van der Waals surface area contributed by atoms with Crippen molar-refractivity contribution in [2.24, 2.45) is 0 Å². The van der Waals surface area contributed by atoms with Crippen molar-refractivity contribution >= 4 is 31.9 Å². The molecule has 0 fully saturated rings. The molecule has 1 heterocycles. The van der Waals surface area contributed by atoms with Crippen LogP contribution in [-0.4, -0.2) is 15.1 Å². The SMILES string of the molecule is CCc1cc(CC(CBr)c2ccc(Br)cc2)n(CC)n1. The number of alkyl halides is 1. The van der Waals surface area contributed by atoms with E-state index in [0.717, 1.165) is 29.2 Å². The fraction of sp³-hybridized carbons (Fsp3) is 0.438. The predicted molar refractivity (Wildman–Crippen MR) is 91.7 cm³/mol. The average Bonchev–Trinajstić information content (AvgIpc) is 2.88. The van der Waals surface area contributed by atoms with Crippen LogP contribution in [0.5, 0.6) is 0 Å². The lowest BCUT2D eigenvalue weighted by atomic mass is 9.96. The van der Waals surface area contributed by atoms with Crippen LogP contribution >= 0.6 is 31.9 Å². The maximum Gasteiger partial charge on any atom is 0.0624 e. The second-order valence-corrected chi connectivity index (χ2v) is 6.47. The van der Waals surface area contributed by atoms with Crippen molar-refractivity contribution in [2.75, 3.05) is 5.33 Å². The van der Waals surface area contributed by atoms with Gasteiger partial charge in [0.2, 0.25) is 0 Å². The molecule has 0 N–H and O–H groups in total. The van der Waals surface area contributed by atoms with Gasteiger partial charge in [-0.2, -0.15) is 5.10 Å². The summed E-state index contributed by atoms with van der Waals surface area (Å²) < 4.78 is 3.26. The zero-order valence-corrected chi connectivity index (χ0v) is 15.1. The number of aryl methyl sites for hydroxylation is 2. The van der Waals surface area contributed by atoms with E-state index in [1.165, 1.54) is 17.0 Å². The lowest BCUT2D eigenvalue weighted by Gasteiger charge is -2.15. The highest BCUT2D eigenvalue weighted by atomic mass is 79.9. The quantitative estimate of drug-likeness (QED) is 0.628. The molecule has 108 valence electrons. The van der Waals surface area contributed by atoms with Gasteiger partial charge in [0.1, 0.15) is 0 Å². The lowest BCUT2D eigenvalue weighted by Crippen LogP contribution is -2.10. The number of halogens is 2. The van der Waals surface area contributed by atoms with Gasteiger partial charge in [0.15, 0.2) is 0 Å². The Labute approximate surface area is 137 Å². The second-order valence-electron chi connectivity index (χ2n) is 4.90. The van der Waals surface area contributed by atoms with Crippen molar-refractivity contribution < 1.29 is 0 Å². The molecule has 20 heavy (non-hydrogen) atoms. The standard InChI is InChI=1S/C16H20Br2N2/c1-3-15-10-16(20(4-2)19-15)9-13(11-17)12-5-7-14(18)8-6-12/h5-8,10,13H,3-4,9,11H2,1-2H3. The van der Waals surface area contributed by atoms with Gasteiger partial charge in [-0.3, -0.25) is 4.68 Å². The van der Waals surface area contributed by atoms with E-state index in [2.05, 4.69) is 85.8 Å². The van der Waals surface area contributed by atoms with Gasteiger partial charge in [-0.05, 0) is 49.4 Å². The molecular formula is C16H20Br2N2. The van der Waals surface area contributed by atoms with Crippen LogP contribution < -0.4 is 0 Å². The van der Waals surface area contributed by atoms with Crippen LogP contribution in [0.25, 0.3) is 0 Å². The van der Waals surface area contributed by atoms with E-state index in [4.69, 9.17) is 0 Å². The Hall–Kier alpha value is -0.610. The molecule has 0 aliphatic rings. The van der Waals surface area contributed by atoms with Crippen molar-refractivity contribution in [2.45, 2.75) is 39.2 Å². The highest BCUT2D eigenvalue weighted by Gasteiger charge is 2.15. The molecule has 0 aliphatic carbocycles. The second kappa shape index (κ2) is 7.41. The zero-order chi connectivity index (χ0) is 14.5. The molecule has 0 spiro atoms. The topological polar surface area (TPSA) is 17.8 Å². The van der Waals surface area contributed by atoms with Gasteiger partial charge in [-0.1, -0.05) is 50.9 Å². The van der Waals surface area contributed by atoms with E-state index in [0.29, 0.717) is 5.92 Å². The summed E-state index contributed by atoms with van der Waals surface area (Å²) >= 11 is 7.15. The first kappa shape index (κ1) is 15.8. The molecule has 1 unspecified atom stereocenters. The molecule has 2 rings (SSSR count).